The van der Waals surface area contributed by atoms with Crippen molar-refractivity contribution in [2.75, 3.05) is 5.32 Å². The minimum absolute atomic E-state index is 0.0118. The number of carbonyl (C=O) groups excluding carboxylic acids is 1. The fourth-order valence-corrected chi connectivity index (χ4v) is 4.07. The molecule has 0 aliphatic heterocycles. The van der Waals surface area contributed by atoms with Crippen LogP contribution in [0.2, 0.25) is 0 Å². The first-order valence-corrected chi connectivity index (χ1v) is 8.32. The Morgan fingerprint density at radius 2 is 2.06 bits per heavy atom. The van der Waals surface area contributed by atoms with Crippen LogP contribution in [-0.4, -0.2) is 14.3 Å². The maximum absolute atomic E-state index is 11.5. The molecule has 17 heavy (non-hydrogen) atoms. The van der Waals surface area contributed by atoms with Gasteiger partial charge in [-0.25, -0.2) is 8.42 Å². The number of carbonyl (C=O) groups is 1. The van der Waals surface area contributed by atoms with Crippen molar-refractivity contribution < 1.29 is 13.2 Å². The summed E-state index contributed by atoms with van der Waals surface area (Å²) in [5.41, 5.74) is 0.593. The zero-order chi connectivity index (χ0) is 12.6. The zero-order valence-corrected chi connectivity index (χ0v) is 12.3. The molecule has 1 fully saturated rings. The van der Waals surface area contributed by atoms with E-state index in [0.29, 0.717) is 9.26 Å². The predicted molar refractivity (Wildman–Crippen MR) is 73.6 cm³/mol. The first-order chi connectivity index (χ1) is 7.88. The van der Waals surface area contributed by atoms with Crippen LogP contribution in [0.3, 0.4) is 0 Å². The fourth-order valence-electron chi connectivity index (χ4n) is 1.37. The molecule has 0 atom stereocenters. The standard InChI is InChI=1S/C10H9ClINO3S/c11-17(15,16)9-4-3-7(5-8(9)12)13-10(14)6-1-2-6/h3-6H,1-2H2,(H,13,14). The molecule has 1 N–H and O–H groups in total. The molecule has 0 spiro atoms. The van der Waals surface area contributed by atoms with Crippen molar-refractivity contribution in [1.29, 1.82) is 0 Å². The molecule has 4 nitrogen and oxygen atoms in total. The Labute approximate surface area is 117 Å². The minimum atomic E-state index is -3.73. The third-order valence-corrected chi connectivity index (χ3v) is 5.05. The molecule has 92 valence electrons. The second-order valence-corrected chi connectivity index (χ2v) is 7.54. The molecule has 1 aromatic carbocycles. The van der Waals surface area contributed by atoms with E-state index in [1.54, 1.807) is 6.07 Å². The second kappa shape index (κ2) is 4.74. The van der Waals surface area contributed by atoms with E-state index in [9.17, 15) is 13.2 Å². The lowest BCUT2D eigenvalue weighted by Crippen LogP contribution is -2.13. The van der Waals surface area contributed by atoms with Crippen molar-refractivity contribution in [3.8, 4) is 0 Å². The average Bonchev–Trinajstić information content (AvgIpc) is 2.98. The Morgan fingerprint density at radius 3 is 2.53 bits per heavy atom. The Balaban J connectivity index is 2.21. The average molecular weight is 386 g/mol. The number of halogens is 2. The van der Waals surface area contributed by atoms with Gasteiger partial charge in [0, 0.05) is 25.9 Å². The van der Waals surface area contributed by atoms with E-state index in [4.69, 9.17) is 10.7 Å². The molecule has 0 radical (unpaired) electrons. The van der Waals surface area contributed by atoms with Crippen molar-refractivity contribution in [3.05, 3.63) is 21.8 Å². The molecule has 2 rings (SSSR count). The largest absolute Gasteiger partial charge is 0.326 e. The van der Waals surface area contributed by atoms with Gasteiger partial charge in [-0.05, 0) is 53.6 Å². The van der Waals surface area contributed by atoms with Crippen molar-refractivity contribution >= 4 is 53.9 Å². The summed E-state index contributed by atoms with van der Waals surface area (Å²) in [7, 11) is 1.53. The van der Waals surface area contributed by atoms with Crippen molar-refractivity contribution in [2.24, 2.45) is 5.92 Å². The lowest BCUT2D eigenvalue weighted by Gasteiger charge is -2.06. The zero-order valence-electron chi connectivity index (χ0n) is 8.61. The molecular weight excluding hydrogens is 377 g/mol. The maximum atomic E-state index is 11.5. The highest BCUT2D eigenvalue weighted by Gasteiger charge is 2.29. The SMILES string of the molecule is O=C(Nc1ccc(S(=O)(=O)Cl)c(I)c1)C1CC1. The molecule has 1 amide bonds. The third-order valence-electron chi connectivity index (χ3n) is 2.41. The van der Waals surface area contributed by atoms with Gasteiger partial charge in [0.1, 0.15) is 0 Å². The number of hydrogen-bond donors (Lipinski definition) is 1. The molecule has 0 heterocycles. The predicted octanol–water partition coefficient (Wildman–Crippen LogP) is 2.57. The summed E-state index contributed by atoms with van der Waals surface area (Å²) in [5.74, 6) is 0.103. The summed E-state index contributed by atoms with van der Waals surface area (Å²) >= 11 is 1.88. The fraction of sp³-hybridized carbons (Fsp3) is 0.300. The van der Waals surface area contributed by atoms with Gasteiger partial charge in [-0.1, -0.05) is 0 Å². The Hall–Kier alpha value is -0.340. The highest BCUT2D eigenvalue weighted by Crippen LogP contribution is 2.31. The smallest absolute Gasteiger partial charge is 0.262 e. The molecule has 0 unspecified atom stereocenters. The van der Waals surface area contributed by atoms with Crippen LogP contribution in [0.4, 0.5) is 5.69 Å². The van der Waals surface area contributed by atoms with Gasteiger partial charge in [-0.15, -0.1) is 0 Å². The van der Waals surface area contributed by atoms with Crippen molar-refractivity contribution in [2.45, 2.75) is 17.7 Å². The normalized spacial score (nSPS) is 15.6. The second-order valence-electron chi connectivity index (χ2n) is 3.85. The monoisotopic (exact) mass is 385 g/mol. The van der Waals surface area contributed by atoms with Crippen molar-refractivity contribution in [1.82, 2.24) is 0 Å². The van der Waals surface area contributed by atoms with E-state index >= 15 is 0 Å². The van der Waals surface area contributed by atoms with E-state index in [0.717, 1.165) is 12.8 Å². The topological polar surface area (TPSA) is 63.2 Å². The van der Waals surface area contributed by atoms with E-state index in [1.807, 2.05) is 22.6 Å². The van der Waals surface area contributed by atoms with Gasteiger partial charge in [0.05, 0.1) is 4.90 Å². The quantitative estimate of drug-likeness (QED) is 0.642. The van der Waals surface area contributed by atoms with Gasteiger partial charge in [0.15, 0.2) is 0 Å². The lowest BCUT2D eigenvalue weighted by molar-refractivity contribution is -0.117. The minimum Gasteiger partial charge on any atom is -0.326 e. The van der Waals surface area contributed by atoms with Crippen LogP contribution < -0.4 is 5.32 Å². The van der Waals surface area contributed by atoms with Gasteiger partial charge in [0.25, 0.3) is 9.05 Å². The van der Waals surface area contributed by atoms with Gasteiger partial charge in [-0.2, -0.15) is 0 Å². The third kappa shape index (κ3) is 3.32. The summed E-state index contributed by atoms with van der Waals surface area (Å²) in [6, 6.07) is 4.53. The highest BCUT2D eigenvalue weighted by atomic mass is 127. The van der Waals surface area contributed by atoms with E-state index in [1.165, 1.54) is 12.1 Å². The Morgan fingerprint density at radius 1 is 1.41 bits per heavy atom. The number of nitrogens with one attached hydrogen (secondary N) is 1. The lowest BCUT2D eigenvalue weighted by atomic mass is 10.3. The summed E-state index contributed by atoms with van der Waals surface area (Å²) in [4.78, 5) is 11.6. The molecule has 0 bridgehead atoms. The van der Waals surface area contributed by atoms with Crippen LogP contribution in [0.15, 0.2) is 23.1 Å². The van der Waals surface area contributed by atoms with Crippen LogP contribution in [-0.2, 0) is 13.8 Å². The molecular formula is C10H9ClINO3S. The van der Waals surface area contributed by atoms with Crippen LogP contribution in [0.5, 0.6) is 0 Å². The first kappa shape index (κ1) is 13.1. The molecule has 1 aromatic rings. The van der Waals surface area contributed by atoms with Gasteiger partial charge in [0.2, 0.25) is 5.91 Å². The van der Waals surface area contributed by atoms with Crippen LogP contribution in [0.25, 0.3) is 0 Å². The number of rotatable bonds is 3. The van der Waals surface area contributed by atoms with Gasteiger partial charge >= 0.3 is 0 Å². The van der Waals surface area contributed by atoms with E-state index in [2.05, 4.69) is 5.32 Å². The number of amides is 1. The van der Waals surface area contributed by atoms with E-state index in [-0.39, 0.29) is 16.7 Å². The number of anilines is 1. The van der Waals surface area contributed by atoms with Crippen LogP contribution in [0.1, 0.15) is 12.8 Å². The van der Waals surface area contributed by atoms with Crippen LogP contribution in [0, 0.1) is 9.49 Å². The molecule has 1 aliphatic rings. The first-order valence-electron chi connectivity index (χ1n) is 4.93. The molecule has 1 aliphatic carbocycles. The number of hydrogen-bond acceptors (Lipinski definition) is 3. The summed E-state index contributed by atoms with van der Waals surface area (Å²) in [6.07, 6.45) is 1.86. The molecule has 0 aromatic heterocycles. The molecule has 7 heteroatoms. The highest BCUT2D eigenvalue weighted by molar-refractivity contribution is 14.1. The summed E-state index contributed by atoms with van der Waals surface area (Å²) < 4.78 is 22.8. The van der Waals surface area contributed by atoms with Crippen molar-refractivity contribution in [3.63, 3.8) is 0 Å². The Bertz CT molecular complexity index is 569. The molecule has 1 saturated carbocycles. The van der Waals surface area contributed by atoms with Gasteiger partial charge < -0.3 is 5.32 Å². The summed E-state index contributed by atoms with van der Waals surface area (Å²) in [6.45, 7) is 0. The maximum Gasteiger partial charge on any atom is 0.262 e. The summed E-state index contributed by atoms with van der Waals surface area (Å²) in [5, 5.41) is 2.74. The van der Waals surface area contributed by atoms with Crippen LogP contribution >= 0.6 is 33.3 Å². The Kier molecular flexibility index (Phi) is 3.65. The number of benzene rings is 1. The molecule has 0 saturated heterocycles. The van der Waals surface area contributed by atoms with E-state index < -0.39 is 9.05 Å². The van der Waals surface area contributed by atoms with Gasteiger partial charge in [-0.3, -0.25) is 4.79 Å².